The van der Waals surface area contributed by atoms with Gasteiger partial charge >= 0.3 is 19.8 Å². The maximum absolute atomic E-state index is 12.6. The molecule has 0 aromatic heterocycles. The minimum atomic E-state index is -4.62. The first-order chi connectivity index (χ1) is 24.7. The fraction of sp³-hybridized carbons (Fsp3) is 0.750. The van der Waals surface area contributed by atoms with Crippen molar-refractivity contribution in [2.45, 2.75) is 167 Å². The van der Waals surface area contributed by atoms with Gasteiger partial charge in [-0.1, -0.05) is 146 Å². The lowest BCUT2D eigenvalue weighted by Crippen LogP contribution is -2.34. The summed E-state index contributed by atoms with van der Waals surface area (Å²) in [5.41, 5.74) is 5.34. The van der Waals surface area contributed by atoms with Crippen molar-refractivity contribution in [1.29, 1.82) is 0 Å². The predicted molar refractivity (Wildman–Crippen MR) is 208 cm³/mol. The zero-order valence-corrected chi connectivity index (χ0v) is 32.8. The molecule has 0 rings (SSSR count). The molecule has 10 nitrogen and oxygen atoms in total. The number of carboxylic acids is 1. The van der Waals surface area contributed by atoms with Gasteiger partial charge < -0.3 is 25.2 Å². The van der Waals surface area contributed by atoms with Crippen molar-refractivity contribution in [3.8, 4) is 0 Å². The fourth-order valence-electron chi connectivity index (χ4n) is 5.06. The molecular weight excluding hydrogens is 669 g/mol. The van der Waals surface area contributed by atoms with Gasteiger partial charge in [0.15, 0.2) is 0 Å². The summed E-state index contributed by atoms with van der Waals surface area (Å²) in [5.74, 6) is -1.79. The Morgan fingerprint density at radius 1 is 0.647 bits per heavy atom. The molecule has 0 aliphatic rings. The number of hydrogen-bond donors (Lipinski definition) is 3. The molecule has 4 N–H and O–H groups in total. The van der Waals surface area contributed by atoms with Gasteiger partial charge in [0, 0.05) is 13.0 Å². The van der Waals surface area contributed by atoms with E-state index in [1.807, 2.05) is 0 Å². The second-order valence-electron chi connectivity index (χ2n) is 13.0. The fourth-order valence-corrected chi connectivity index (χ4v) is 5.84. The smallest absolute Gasteiger partial charge is 0.472 e. The van der Waals surface area contributed by atoms with Gasteiger partial charge in [0.25, 0.3) is 0 Å². The molecule has 0 fully saturated rings. The van der Waals surface area contributed by atoms with Crippen LogP contribution in [0.3, 0.4) is 0 Å². The van der Waals surface area contributed by atoms with E-state index in [2.05, 4.69) is 62.5 Å². The van der Waals surface area contributed by atoms with Crippen LogP contribution in [0.2, 0.25) is 0 Å². The molecule has 0 radical (unpaired) electrons. The van der Waals surface area contributed by atoms with Gasteiger partial charge in [-0.05, 0) is 51.4 Å². The SMILES string of the molecule is CC/C=C\C/C=C\C/C=C\C/C=C\CCCCCOCC(COP(=O)(O)OCC(N)C(=O)O)OC(=O)CCCCCCCCCCCCCCC. The number of nitrogens with two attached hydrogens (primary N) is 1. The molecule has 0 bridgehead atoms. The van der Waals surface area contributed by atoms with Crippen molar-refractivity contribution in [2.24, 2.45) is 5.73 Å². The number of aliphatic carboxylic acids is 1. The number of carbonyl (C=O) groups excluding carboxylic acids is 1. The number of esters is 1. The number of ether oxygens (including phenoxy) is 2. The lowest BCUT2D eigenvalue weighted by molar-refractivity contribution is -0.154. The molecule has 0 heterocycles. The Hall–Kier alpha value is -2.07. The van der Waals surface area contributed by atoms with Gasteiger partial charge in [-0.15, -0.1) is 0 Å². The maximum Gasteiger partial charge on any atom is 0.472 e. The number of hydrogen-bond acceptors (Lipinski definition) is 8. The Morgan fingerprint density at radius 2 is 1.14 bits per heavy atom. The van der Waals surface area contributed by atoms with Crippen molar-refractivity contribution >= 4 is 19.8 Å². The number of allylic oxidation sites excluding steroid dienone is 8. The van der Waals surface area contributed by atoms with Gasteiger partial charge in [0.05, 0.1) is 19.8 Å². The van der Waals surface area contributed by atoms with Gasteiger partial charge in [0.1, 0.15) is 12.1 Å². The van der Waals surface area contributed by atoms with Crippen molar-refractivity contribution in [3.63, 3.8) is 0 Å². The number of carbonyl (C=O) groups is 2. The topological polar surface area (TPSA) is 155 Å². The molecule has 0 saturated heterocycles. The molecule has 0 amide bonds. The summed E-state index contributed by atoms with van der Waals surface area (Å²) in [6.07, 6.45) is 40.2. The van der Waals surface area contributed by atoms with Crippen LogP contribution in [0.15, 0.2) is 48.6 Å². The highest BCUT2D eigenvalue weighted by atomic mass is 31.2. The molecular formula is C40H72NO9P. The van der Waals surface area contributed by atoms with E-state index < -0.39 is 45.1 Å². The van der Waals surface area contributed by atoms with E-state index in [4.69, 9.17) is 29.4 Å². The van der Waals surface area contributed by atoms with Crippen molar-refractivity contribution in [3.05, 3.63) is 48.6 Å². The zero-order valence-electron chi connectivity index (χ0n) is 31.9. The second kappa shape index (κ2) is 36.3. The standard InChI is InChI=1S/C40H72NO9P/c1-3-5-7-9-11-13-15-17-18-19-21-23-25-27-29-31-33-47-34-37(35-48-51(45,46)49-36-38(41)40(43)44)50-39(42)32-30-28-26-24-22-20-16-14-12-10-8-6-4-2/h5,7,11,13,17-18,21,23,37-38H,3-4,6,8-10,12,14-16,19-20,22,24-36,41H2,1-2H3,(H,43,44)(H,45,46)/b7-5-,13-11-,18-17-,23-21-. The number of rotatable bonds is 37. The highest BCUT2D eigenvalue weighted by Gasteiger charge is 2.27. The van der Waals surface area contributed by atoms with Gasteiger partial charge in [0.2, 0.25) is 0 Å². The third-order valence-electron chi connectivity index (χ3n) is 8.12. The lowest BCUT2D eigenvalue weighted by Gasteiger charge is -2.20. The van der Waals surface area contributed by atoms with Crippen LogP contribution in [-0.4, -0.2) is 60.5 Å². The van der Waals surface area contributed by atoms with E-state index in [1.165, 1.54) is 57.8 Å². The van der Waals surface area contributed by atoms with Crippen LogP contribution in [0.25, 0.3) is 0 Å². The van der Waals surface area contributed by atoms with E-state index in [-0.39, 0.29) is 13.0 Å². The largest absolute Gasteiger partial charge is 0.480 e. The van der Waals surface area contributed by atoms with Crippen molar-refractivity contribution in [2.75, 3.05) is 26.4 Å². The van der Waals surface area contributed by atoms with Gasteiger partial charge in [-0.3, -0.25) is 18.6 Å². The van der Waals surface area contributed by atoms with Crippen LogP contribution in [0, 0.1) is 0 Å². The van der Waals surface area contributed by atoms with Crippen LogP contribution in [0.4, 0.5) is 0 Å². The average Bonchev–Trinajstić information content (AvgIpc) is 3.10. The Labute approximate surface area is 309 Å². The van der Waals surface area contributed by atoms with Crippen LogP contribution in [-0.2, 0) is 32.7 Å². The van der Waals surface area contributed by atoms with E-state index in [0.29, 0.717) is 13.0 Å². The van der Waals surface area contributed by atoms with Crippen molar-refractivity contribution < 1.29 is 42.7 Å². The molecule has 3 unspecified atom stereocenters. The molecule has 0 aromatic carbocycles. The van der Waals surface area contributed by atoms with Crippen molar-refractivity contribution in [1.82, 2.24) is 0 Å². The number of phosphoric ester groups is 1. The quantitative estimate of drug-likeness (QED) is 0.0242. The highest BCUT2D eigenvalue weighted by Crippen LogP contribution is 2.43. The summed E-state index contributed by atoms with van der Waals surface area (Å²) in [6, 6.07) is -1.48. The Morgan fingerprint density at radius 3 is 1.69 bits per heavy atom. The molecule has 0 aliphatic heterocycles. The van der Waals surface area contributed by atoms with E-state index in [0.717, 1.165) is 70.6 Å². The summed E-state index contributed by atoms with van der Waals surface area (Å²) in [6.45, 7) is 3.67. The summed E-state index contributed by atoms with van der Waals surface area (Å²) in [7, 11) is -4.62. The lowest BCUT2D eigenvalue weighted by atomic mass is 10.0. The summed E-state index contributed by atoms with van der Waals surface area (Å²) in [5, 5.41) is 8.87. The third kappa shape index (κ3) is 36.1. The molecule has 296 valence electrons. The maximum atomic E-state index is 12.6. The molecule has 51 heavy (non-hydrogen) atoms. The van der Waals surface area contributed by atoms with Gasteiger partial charge in [-0.2, -0.15) is 0 Å². The number of carboxylic acid groups (broad SMARTS) is 1. The van der Waals surface area contributed by atoms with Gasteiger partial charge in [-0.25, -0.2) is 4.57 Å². The minimum Gasteiger partial charge on any atom is -0.480 e. The van der Waals surface area contributed by atoms with Crippen LogP contribution in [0.5, 0.6) is 0 Å². The molecule has 0 spiro atoms. The highest BCUT2D eigenvalue weighted by molar-refractivity contribution is 7.47. The van der Waals surface area contributed by atoms with E-state index >= 15 is 0 Å². The third-order valence-corrected chi connectivity index (χ3v) is 9.07. The van der Waals surface area contributed by atoms with Crippen LogP contribution in [0.1, 0.15) is 155 Å². The Kier molecular flexibility index (Phi) is 34.8. The number of unbranched alkanes of at least 4 members (excludes halogenated alkanes) is 15. The first kappa shape index (κ1) is 48.9. The normalized spacial score (nSPS) is 14.6. The first-order valence-corrected chi connectivity index (χ1v) is 21.2. The monoisotopic (exact) mass is 741 g/mol. The minimum absolute atomic E-state index is 0.00412. The van der Waals surface area contributed by atoms with Crippen LogP contribution >= 0.6 is 7.82 Å². The molecule has 0 saturated carbocycles. The Balaban J connectivity index is 4.35. The average molecular weight is 742 g/mol. The second-order valence-corrected chi connectivity index (χ2v) is 14.5. The predicted octanol–water partition coefficient (Wildman–Crippen LogP) is 10.3. The van der Waals surface area contributed by atoms with E-state index in [1.54, 1.807) is 0 Å². The first-order valence-electron chi connectivity index (χ1n) is 19.7. The molecule has 11 heteroatoms. The molecule has 0 aliphatic carbocycles. The summed E-state index contributed by atoms with van der Waals surface area (Å²) in [4.78, 5) is 33.4. The summed E-state index contributed by atoms with van der Waals surface area (Å²) >= 11 is 0. The Bertz CT molecular complexity index is 998. The zero-order chi connectivity index (χ0) is 37.7. The molecule has 0 aromatic rings. The summed E-state index contributed by atoms with van der Waals surface area (Å²) < 4.78 is 33.2. The van der Waals surface area contributed by atoms with E-state index in [9.17, 15) is 19.0 Å². The number of phosphoric acid groups is 1. The van der Waals surface area contributed by atoms with Crippen LogP contribution < -0.4 is 5.73 Å². The molecule has 3 atom stereocenters.